The number of fused-ring (bicyclic) bond motifs is 1. The molecule has 0 aromatic heterocycles. The maximum Gasteiger partial charge on any atom is 0.262 e. The van der Waals surface area contributed by atoms with Crippen LogP contribution in [0.3, 0.4) is 0 Å². The van der Waals surface area contributed by atoms with Crippen molar-refractivity contribution in [1.82, 2.24) is 9.80 Å². The molecule has 0 bridgehead atoms. The van der Waals surface area contributed by atoms with Gasteiger partial charge in [0, 0.05) is 36.6 Å². The fourth-order valence-corrected chi connectivity index (χ4v) is 4.38. The fraction of sp³-hybridized carbons (Fsp3) is 0.273. The summed E-state index contributed by atoms with van der Waals surface area (Å²) >= 11 is 1.46. The van der Waals surface area contributed by atoms with E-state index in [0.717, 1.165) is 48.9 Å². The van der Waals surface area contributed by atoms with Gasteiger partial charge in [0.15, 0.2) is 0 Å². The smallest absolute Gasteiger partial charge is 0.262 e. The number of nitrogens with one attached hydrogen (secondary N) is 1. The molecule has 0 saturated carbocycles. The maximum absolute atomic E-state index is 12.7. The van der Waals surface area contributed by atoms with Crippen LogP contribution in [0.15, 0.2) is 58.3 Å². The van der Waals surface area contributed by atoms with E-state index < -0.39 is 0 Å². The summed E-state index contributed by atoms with van der Waals surface area (Å²) in [4.78, 5) is 31.0. The van der Waals surface area contributed by atoms with Gasteiger partial charge >= 0.3 is 0 Å². The lowest BCUT2D eigenvalue weighted by molar-refractivity contribution is -0.112. The van der Waals surface area contributed by atoms with Crippen LogP contribution in [0.4, 0.5) is 5.69 Å². The summed E-state index contributed by atoms with van der Waals surface area (Å²) in [6.45, 7) is 6.58. The van der Waals surface area contributed by atoms with E-state index in [1.165, 1.54) is 11.8 Å². The van der Waals surface area contributed by atoms with Crippen molar-refractivity contribution in [3.63, 3.8) is 0 Å². The summed E-state index contributed by atoms with van der Waals surface area (Å²) in [5, 5.41) is 2.92. The Bertz CT molecular complexity index is 916. The van der Waals surface area contributed by atoms with Crippen molar-refractivity contribution in [2.45, 2.75) is 11.8 Å². The first kappa shape index (κ1) is 18.8. The molecule has 0 spiro atoms. The van der Waals surface area contributed by atoms with Gasteiger partial charge in [0.25, 0.3) is 11.8 Å². The number of anilines is 1. The van der Waals surface area contributed by atoms with E-state index in [9.17, 15) is 9.59 Å². The van der Waals surface area contributed by atoms with Gasteiger partial charge in [-0.3, -0.25) is 9.59 Å². The minimum absolute atomic E-state index is 0.0775. The normalized spacial score (nSPS) is 18.7. The van der Waals surface area contributed by atoms with Crippen LogP contribution >= 0.6 is 11.8 Å². The molecule has 2 heterocycles. The molecule has 144 valence electrons. The second-order valence-corrected chi connectivity index (χ2v) is 7.99. The lowest BCUT2D eigenvalue weighted by atomic mass is 10.1. The zero-order chi connectivity index (χ0) is 19.5. The van der Waals surface area contributed by atoms with E-state index in [2.05, 4.69) is 17.1 Å². The van der Waals surface area contributed by atoms with E-state index in [1.54, 1.807) is 0 Å². The highest BCUT2D eigenvalue weighted by atomic mass is 32.2. The predicted molar refractivity (Wildman–Crippen MR) is 113 cm³/mol. The third kappa shape index (κ3) is 3.98. The highest BCUT2D eigenvalue weighted by Gasteiger charge is 2.22. The molecule has 6 heteroatoms. The molecule has 28 heavy (non-hydrogen) atoms. The van der Waals surface area contributed by atoms with Crippen molar-refractivity contribution < 1.29 is 9.59 Å². The van der Waals surface area contributed by atoms with Crippen LogP contribution < -0.4 is 5.32 Å². The van der Waals surface area contributed by atoms with Gasteiger partial charge in [-0.15, -0.1) is 0 Å². The first-order valence-electron chi connectivity index (χ1n) is 9.55. The van der Waals surface area contributed by atoms with Crippen molar-refractivity contribution in [3.05, 3.63) is 64.6 Å². The zero-order valence-electron chi connectivity index (χ0n) is 15.9. The molecule has 0 unspecified atom stereocenters. The van der Waals surface area contributed by atoms with Gasteiger partial charge in [-0.05, 0) is 42.4 Å². The molecule has 2 aromatic carbocycles. The molecular formula is C22H23N3O2S. The van der Waals surface area contributed by atoms with Gasteiger partial charge in [-0.1, -0.05) is 43.0 Å². The van der Waals surface area contributed by atoms with E-state index in [1.807, 2.05) is 59.5 Å². The van der Waals surface area contributed by atoms with E-state index in [4.69, 9.17) is 0 Å². The van der Waals surface area contributed by atoms with Crippen LogP contribution in [0.2, 0.25) is 0 Å². The molecule has 0 radical (unpaired) electrons. The van der Waals surface area contributed by atoms with Crippen molar-refractivity contribution in [2.75, 3.05) is 38.0 Å². The molecule has 2 aliphatic heterocycles. The van der Waals surface area contributed by atoms with Crippen LogP contribution in [0.1, 0.15) is 22.8 Å². The quantitative estimate of drug-likeness (QED) is 0.811. The standard InChI is InChI=1S/C22H23N3O2S/c1-2-24-11-13-25(14-12-24)22(27)17-9-7-16(8-10-17)15-20-21(26)23-18-5-3-4-6-19(18)28-20/h3-10,15H,2,11-14H2,1H3,(H,23,26). The number of benzene rings is 2. The van der Waals surface area contributed by atoms with Crippen LogP contribution in [-0.2, 0) is 4.79 Å². The molecule has 1 fully saturated rings. The summed E-state index contributed by atoms with van der Waals surface area (Å²) in [6.07, 6.45) is 1.87. The molecule has 2 amide bonds. The Labute approximate surface area is 169 Å². The molecule has 5 nitrogen and oxygen atoms in total. The number of hydrogen-bond acceptors (Lipinski definition) is 4. The Morgan fingerprint density at radius 1 is 1.07 bits per heavy atom. The third-order valence-corrected chi connectivity index (χ3v) is 6.24. The fourth-order valence-electron chi connectivity index (χ4n) is 3.43. The summed E-state index contributed by atoms with van der Waals surface area (Å²) in [7, 11) is 0. The highest BCUT2D eigenvalue weighted by molar-refractivity contribution is 8.04. The molecule has 1 N–H and O–H groups in total. The lowest BCUT2D eigenvalue weighted by Gasteiger charge is -2.34. The zero-order valence-corrected chi connectivity index (χ0v) is 16.7. The molecule has 2 aromatic rings. The van der Waals surface area contributed by atoms with Gasteiger partial charge in [0.1, 0.15) is 0 Å². The van der Waals surface area contributed by atoms with Crippen LogP contribution in [0.5, 0.6) is 0 Å². The number of amides is 2. The number of piperazine rings is 1. The summed E-state index contributed by atoms with van der Waals surface area (Å²) in [5.74, 6) is -0.0219. The second-order valence-electron chi connectivity index (χ2n) is 6.91. The van der Waals surface area contributed by atoms with E-state index in [-0.39, 0.29) is 11.8 Å². The Balaban J connectivity index is 1.46. The summed E-state index contributed by atoms with van der Waals surface area (Å²) in [6, 6.07) is 15.3. The van der Waals surface area contributed by atoms with Gasteiger partial charge in [-0.2, -0.15) is 0 Å². The molecule has 0 atom stereocenters. The third-order valence-electron chi connectivity index (χ3n) is 5.14. The molecular weight excluding hydrogens is 370 g/mol. The highest BCUT2D eigenvalue weighted by Crippen LogP contribution is 2.38. The average molecular weight is 394 g/mol. The van der Waals surface area contributed by atoms with Crippen molar-refractivity contribution in [1.29, 1.82) is 0 Å². The second kappa shape index (κ2) is 8.20. The maximum atomic E-state index is 12.7. The molecule has 1 saturated heterocycles. The van der Waals surface area contributed by atoms with Gasteiger partial charge < -0.3 is 15.1 Å². The summed E-state index contributed by atoms with van der Waals surface area (Å²) < 4.78 is 0. The topological polar surface area (TPSA) is 52.6 Å². The number of para-hydroxylation sites is 1. The Kier molecular flexibility index (Phi) is 5.50. The Hall–Kier alpha value is -2.57. The molecule has 4 rings (SSSR count). The first-order valence-corrected chi connectivity index (χ1v) is 10.4. The minimum Gasteiger partial charge on any atom is -0.336 e. The van der Waals surface area contributed by atoms with E-state index >= 15 is 0 Å². The number of nitrogens with zero attached hydrogens (tertiary/aromatic N) is 2. The van der Waals surface area contributed by atoms with Crippen molar-refractivity contribution >= 4 is 35.3 Å². The minimum atomic E-state index is -0.0994. The van der Waals surface area contributed by atoms with Crippen LogP contribution in [0.25, 0.3) is 6.08 Å². The van der Waals surface area contributed by atoms with Crippen LogP contribution in [0, 0.1) is 0 Å². The average Bonchev–Trinajstić information content (AvgIpc) is 2.74. The number of likely N-dealkylation sites (N-methyl/N-ethyl adjacent to an activating group) is 1. The lowest BCUT2D eigenvalue weighted by Crippen LogP contribution is -2.48. The Morgan fingerprint density at radius 2 is 1.79 bits per heavy atom. The SMILES string of the molecule is CCN1CCN(C(=O)c2ccc(C=C3Sc4ccccc4NC3=O)cc2)CC1. The monoisotopic (exact) mass is 393 g/mol. The molecule has 0 aliphatic carbocycles. The number of rotatable bonds is 3. The van der Waals surface area contributed by atoms with Gasteiger partial charge in [0.05, 0.1) is 10.6 Å². The Morgan fingerprint density at radius 3 is 2.50 bits per heavy atom. The summed E-state index contributed by atoms with van der Waals surface area (Å²) in [5.41, 5.74) is 2.45. The first-order chi connectivity index (χ1) is 13.6. The largest absolute Gasteiger partial charge is 0.336 e. The van der Waals surface area contributed by atoms with Crippen molar-refractivity contribution in [2.24, 2.45) is 0 Å². The number of thioether (sulfide) groups is 1. The van der Waals surface area contributed by atoms with E-state index in [0.29, 0.717) is 10.5 Å². The predicted octanol–water partition coefficient (Wildman–Crippen LogP) is 3.55. The van der Waals surface area contributed by atoms with Crippen LogP contribution in [-0.4, -0.2) is 54.3 Å². The number of carbonyl (C=O) groups is 2. The number of carbonyl (C=O) groups excluding carboxylic acids is 2. The van der Waals surface area contributed by atoms with Gasteiger partial charge in [-0.25, -0.2) is 0 Å². The van der Waals surface area contributed by atoms with Crippen molar-refractivity contribution in [3.8, 4) is 0 Å². The van der Waals surface area contributed by atoms with Gasteiger partial charge in [0.2, 0.25) is 0 Å². The number of hydrogen-bond donors (Lipinski definition) is 1. The molecule has 2 aliphatic rings.